The van der Waals surface area contributed by atoms with Gasteiger partial charge in [0, 0.05) is 70.8 Å². The number of carbonyl (C=O) groups excluding carboxylic acids is 5. The zero-order valence-electron chi connectivity index (χ0n) is 39.4. The van der Waals surface area contributed by atoms with Crippen LogP contribution in [-0.4, -0.2) is 151 Å². The molecule has 22 nitrogen and oxygen atoms in total. The maximum Gasteiger partial charge on any atom is 0.329 e. The van der Waals surface area contributed by atoms with E-state index in [1.807, 2.05) is 25.8 Å². The number of hydrogen-bond acceptors (Lipinski definition) is 17. The van der Waals surface area contributed by atoms with Crippen LogP contribution in [0.1, 0.15) is 95.6 Å². The van der Waals surface area contributed by atoms with Crippen LogP contribution in [0.2, 0.25) is 0 Å². The fourth-order valence-corrected chi connectivity index (χ4v) is 5.90. The number of carboxylic acids is 1. The number of esters is 1. The standard InChI is InChI=1S/C34H48N10O7.C10H21NO4/c1-6-17-44(26(46)14-15-27(47)48)18-7-16-37-25(45)13-12-24(32(50)51-34(2,3)4)40-31(49)21-8-10-23(11-9-21)43(5)20-22-19-38-30-28(39-22)29(35)41-33(36)42-30;1-3-11-10(12)4-5-14-8-9-15-7-6-13-2/h8-11,19,24H,6-7,12-18,20H2,1-5H3,(H,37,45)(H,40,49)(H,47,48)(H4,35,36,38,41,42);3-9H2,1-2H3,(H,11,12)/t24-;/m1./s1. The number of rotatable bonds is 28. The number of anilines is 3. The Balaban J connectivity index is 0.000000850. The van der Waals surface area contributed by atoms with Crippen LogP contribution >= 0.6 is 0 Å². The topological polar surface area (TPSA) is 306 Å². The lowest BCUT2D eigenvalue weighted by Gasteiger charge is -2.25. The van der Waals surface area contributed by atoms with Crippen LogP contribution in [0.25, 0.3) is 11.2 Å². The van der Waals surface area contributed by atoms with E-state index in [4.69, 9.17) is 35.5 Å². The van der Waals surface area contributed by atoms with Gasteiger partial charge in [0.05, 0.1) is 57.9 Å². The normalized spacial score (nSPS) is 11.4. The van der Waals surface area contributed by atoms with Gasteiger partial charge in [-0.25, -0.2) is 14.8 Å². The summed E-state index contributed by atoms with van der Waals surface area (Å²) in [6, 6.07) is 5.65. The highest BCUT2D eigenvalue weighted by Gasteiger charge is 2.28. The molecule has 0 aliphatic carbocycles. The predicted octanol–water partition coefficient (Wildman–Crippen LogP) is 2.24. The Kier molecular flexibility index (Phi) is 25.4. The summed E-state index contributed by atoms with van der Waals surface area (Å²) >= 11 is 0. The van der Waals surface area contributed by atoms with Crippen LogP contribution in [-0.2, 0) is 49.5 Å². The van der Waals surface area contributed by atoms with E-state index in [-0.39, 0.29) is 61.7 Å². The largest absolute Gasteiger partial charge is 0.481 e. The number of benzene rings is 1. The maximum atomic E-state index is 13.2. The molecule has 0 saturated heterocycles. The minimum absolute atomic E-state index is 0.00210. The number of carboxylic acid groups (broad SMARTS) is 1. The van der Waals surface area contributed by atoms with Gasteiger partial charge < -0.3 is 61.3 Å². The van der Waals surface area contributed by atoms with Crippen molar-refractivity contribution >= 4 is 64.2 Å². The minimum Gasteiger partial charge on any atom is -0.481 e. The van der Waals surface area contributed by atoms with Crippen LogP contribution < -0.4 is 32.3 Å². The molecule has 0 radical (unpaired) electrons. The van der Waals surface area contributed by atoms with Gasteiger partial charge >= 0.3 is 11.9 Å². The molecule has 0 fully saturated rings. The van der Waals surface area contributed by atoms with Crippen molar-refractivity contribution in [3.63, 3.8) is 0 Å². The molecule has 1 atom stereocenters. The van der Waals surface area contributed by atoms with Crippen molar-refractivity contribution in [3.8, 4) is 0 Å². The molecular weight excluding hydrogens is 859 g/mol. The average molecular weight is 928 g/mol. The summed E-state index contributed by atoms with van der Waals surface area (Å²) in [4.78, 5) is 93.3. The van der Waals surface area contributed by atoms with Crippen molar-refractivity contribution in [2.75, 3.05) is 89.7 Å². The van der Waals surface area contributed by atoms with E-state index in [0.29, 0.717) is 94.5 Å². The lowest BCUT2D eigenvalue weighted by Crippen LogP contribution is -2.45. The second-order valence-electron chi connectivity index (χ2n) is 15.9. The molecule has 3 aromatic rings. The predicted molar refractivity (Wildman–Crippen MR) is 247 cm³/mol. The highest BCUT2D eigenvalue weighted by atomic mass is 16.6. The summed E-state index contributed by atoms with van der Waals surface area (Å²) in [6.07, 6.45) is 2.79. The smallest absolute Gasteiger partial charge is 0.329 e. The first-order valence-electron chi connectivity index (χ1n) is 21.9. The summed E-state index contributed by atoms with van der Waals surface area (Å²) < 4.78 is 20.7. The number of nitrogen functional groups attached to an aromatic ring is 2. The Morgan fingerprint density at radius 3 is 2.14 bits per heavy atom. The van der Waals surface area contributed by atoms with Crippen molar-refractivity contribution in [2.45, 2.75) is 97.8 Å². The highest BCUT2D eigenvalue weighted by molar-refractivity contribution is 5.97. The summed E-state index contributed by atoms with van der Waals surface area (Å²) in [5, 5.41) is 17.0. The molecular formula is C44H69N11O11. The third-order valence-electron chi connectivity index (χ3n) is 9.10. The van der Waals surface area contributed by atoms with Crippen molar-refractivity contribution in [2.24, 2.45) is 0 Å². The first kappa shape index (κ1) is 55.9. The van der Waals surface area contributed by atoms with Gasteiger partial charge in [0.1, 0.15) is 11.6 Å². The quantitative estimate of drug-likeness (QED) is 0.0449. The highest BCUT2D eigenvalue weighted by Crippen LogP contribution is 2.19. The van der Waals surface area contributed by atoms with Gasteiger partial charge in [-0.05, 0) is 71.2 Å². The lowest BCUT2D eigenvalue weighted by atomic mass is 10.1. The number of aliphatic carboxylic acids is 1. The number of hydrogen-bond donors (Lipinski definition) is 6. The summed E-state index contributed by atoms with van der Waals surface area (Å²) in [6.45, 7) is 13.8. The van der Waals surface area contributed by atoms with Gasteiger partial charge in [-0.3, -0.25) is 24.0 Å². The van der Waals surface area contributed by atoms with Gasteiger partial charge in [-0.2, -0.15) is 9.97 Å². The Bertz CT molecular complexity index is 2000. The number of nitrogens with one attached hydrogen (secondary N) is 3. The van der Waals surface area contributed by atoms with Crippen LogP contribution in [0, 0.1) is 0 Å². The zero-order chi connectivity index (χ0) is 49.1. The van der Waals surface area contributed by atoms with E-state index in [1.165, 1.54) is 0 Å². The fourth-order valence-electron chi connectivity index (χ4n) is 5.90. The van der Waals surface area contributed by atoms with E-state index in [9.17, 15) is 28.8 Å². The molecule has 2 heterocycles. The Labute approximate surface area is 386 Å². The third kappa shape index (κ3) is 22.6. The maximum absolute atomic E-state index is 13.2. The van der Waals surface area contributed by atoms with Crippen LogP contribution in [0.4, 0.5) is 17.5 Å². The number of ether oxygens (including phenoxy) is 4. The molecule has 0 bridgehead atoms. The number of nitrogens with two attached hydrogens (primary N) is 2. The van der Waals surface area contributed by atoms with E-state index >= 15 is 0 Å². The van der Waals surface area contributed by atoms with E-state index < -0.39 is 29.5 Å². The number of carbonyl (C=O) groups is 6. The molecule has 22 heteroatoms. The molecule has 3 rings (SSSR count). The molecule has 4 amide bonds. The second-order valence-corrected chi connectivity index (χ2v) is 15.9. The van der Waals surface area contributed by atoms with Gasteiger partial charge in [0.15, 0.2) is 17.0 Å². The van der Waals surface area contributed by atoms with Gasteiger partial charge in [0.2, 0.25) is 23.7 Å². The fraction of sp³-hybridized carbons (Fsp3) is 0.591. The van der Waals surface area contributed by atoms with Gasteiger partial charge in [-0.15, -0.1) is 0 Å². The Hall–Kier alpha value is -6.26. The third-order valence-corrected chi connectivity index (χ3v) is 9.10. The minimum atomic E-state index is -1.09. The van der Waals surface area contributed by atoms with Gasteiger partial charge in [-0.1, -0.05) is 6.92 Å². The summed E-state index contributed by atoms with van der Waals surface area (Å²) in [5.74, 6) is -2.62. The molecule has 1 aromatic carbocycles. The van der Waals surface area contributed by atoms with E-state index in [2.05, 4.69) is 35.9 Å². The molecule has 0 unspecified atom stereocenters. The molecule has 366 valence electrons. The van der Waals surface area contributed by atoms with Gasteiger partial charge in [0.25, 0.3) is 5.91 Å². The van der Waals surface area contributed by atoms with Crippen LogP contribution in [0.15, 0.2) is 30.5 Å². The molecule has 66 heavy (non-hydrogen) atoms. The first-order chi connectivity index (χ1) is 31.4. The second kappa shape index (κ2) is 30.0. The first-order valence-corrected chi connectivity index (χ1v) is 21.9. The number of aromatic nitrogens is 4. The molecule has 0 aliphatic heterocycles. The SMILES string of the molecule is CCCN(CCCNC(=O)CC[C@@H](NC(=O)c1ccc(N(C)Cc2cnc3nc(N)nc(N)c3n2)cc1)C(=O)OC(C)(C)C)C(=O)CCC(=O)O.CCNC(=O)CCOCCOCCOC. The number of amides is 4. The molecule has 2 aromatic heterocycles. The van der Waals surface area contributed by atoms with E-state index in [0.717, 1.165) is 12.1 Å². The van der Waals surface area contributed by atoms with Crippen LogP contribution in [0.3, 0.4) is 0 Å². The van der Waals surface area contributed by atoms with Crippen molar-refractivity contribution in [3.05, 3.63) is 41.7 Å². The van der Waals surface area contributed by atoms with Crippen molar-refractivity contribution < 1.29 is 52.8 Å². The monoisotopic (exact) mass is 928 g/mol. The van der Waals surface area contributed by atoms with Crippen molar-refractivity contribution in [1.29, 1.82) is 0 Å². The van der Waals surface area contributed by atoms with Crippen molar-refractivity contribution in [1.82, 2.24) is 40.8 Å². The van der Waals surface area contributed by atoms with Crippen LogP contribution in [0.5, 0.6) is 0 Å². The Morgan fingerprint density at radius 2 is 1.50 bits per heavy atom. The average Bonchev–Trinajstić information content (AvgIpc) is 3.26. The summed E-state index contributed by atoms with van der Waals surface area (Å²) in [7, 11) is 3.47. The Morgan fingerprint density at radius 1 is 0.833 bits per heavy atom. The zero-order valence-corrected chi connectivity index (χ0v) is 39.4. The molecule has 0 spiro atoms. The molecule has 0 saturated carbocycles. The summed E-state index contributed by atoms with van der Waals surface area (Å²) in [5.41, 5.74) is 13.1. The number of fused-ring (bicyclic) bond motifs is 1. The van der Waals surface area contributed by atoms with E-state index in [1.54, 1.807) is 63.2 Å². The molecule has 0 aliphatic rings. The molecule has 8 N–H and O–H groups in total. The lowest BCUT2D eigenvalue weighted by molar-refractivity contribution is -0.157. The number of methoxy groups -OCH3 is 1. The number of nitrogens with zero attached hydrogens (tertiary/aromatic N) is 6.